The highest BCUT2D eigenvalue weighted by molar-refractivity contribution is 5.94. The van der Waals surface area contributed by atoms with Crippen LogP contribution < -0.4 is 4.57 Å². The minimum atomic E-state index is 0.907. The minimum absolute atomic E-state index is 0.907. The van der Waals surface area contributed by atoms with Crippen molar-refractivity contribution in [3.8, 4) is 16.9 Å². The molecule has 0 fully saturated rings. The van der Waals surface area contributed by atoms with E-state index in [4.69, 9.17) is 4.98 Å². The quantitative estimate of drug-likeness (QED) is 0.432. The summed E-state index contributed by atoms with van der Waals surface area (Å²) in [6.07, 6.45) is 3.00. The SMILES string of the molecule is Cc1ccc2c(nc3n2-c2ccccc2C3)c1-c1cccc[n+]1C. The molecule has 4 aromatic rings. The van der Waals surface area contributed by atoms with Gasteiger partial charge in [0.2, 0.25) is 5.69 Å². The highest BCUT2D eigenvalue weighted by Crippen LogP contribution is 2.36. The van der Waals surface area contributed by atoms with Gasteiger partial charge in [-0.15, -0.1) is 0 Å². The molecule has 0 spiro atoms. The van der Waals surface area contributed by atoms with Crippen molar-refractivity contribution in [2.45, 2.75) is 13.3 Å². The molecule has 3 heterocycles. The largest absolute Gasteiger partial charge is 0.296 e. The van der Waals surface area contributed by atoms with Crippen LogP contribution in [-0.4, -0.2) is 9.55 Å². The van der Waals surface area contributed by atoms with Gasteiger partial charge in [0, 0.05) is 18.6 Å². The Hall–Kier alpha value is -2.94. The zero-order valence-electron chi connectivity index (χ0n) is 13.8. The first-order valence-corrected chi connectivity index (χ1v) is 8.28. The summed E-state index contributed by atoms with van der Waals surface area (Å²) in [5.41, 5.74) is 8.60. The number of aromatic nitrogens is 3. The molecule has 0 atom stereocenters. The fraction of sp³-hybridized carbons (Fsp3) is 0.143. The molecule has 116 valence electrons. The lowest BCUT2D eigenvalue weighted by molar-refractivity contribution is -0.660. The molecule has 3 heteroatoms. The zero-order chi connectivity index (χ0) is 16.3. The Morgan fingerprint density at radius 2 is 1.83 bits per heavy atom. The Morgan fingerprint density at radius 1 is 1.00 bits per heavy atom. The normalized spacial score (nSPS) is 12.4. The van der Waals surface area contributed by atoms with Crippen molar-refractivity contribution in [2.24, 2.45) is 7.05 Å². The van der Waals surface area contributed by atoms with Gasteiger partial charge in [0.05, 0.1) is 16.8 Å². The molecule has 0 amide bonds. The highest BCUT2D eigenvalue weighted by Gasteiger charge is 2.25. The van der Waals surface area contributed by atoms with Crippen LogP contribution in [0.1, 0.15) is 17.0 Å². The zero-order valence-corrected chi connectivity index (χ0v) is 13.8. The van der Waals surface area contributed by atoms with Crippen LogP contribution in [0.3, 0.4) is 0 Å². The van der Waals surface area contributed by atoms with Gasteiger partial charge < -0.3 is 0 Å². The van der Waals surface area contributed by atoms with E-state index in [9.17, 15) is 0 Å². The van der Waals surface area contributed by atoms with Crippen LogP contribution in [0, 0.1) is 6.92 Å². The van der Waals surface area contributed by atoms with E-state index in [-0.39, 0.29) is 0 Å². The van der Waals surface area contributed by atoms with Crippen molar-refractivity contribution in [3.05, 3.63) is 77.7 Å². The molecule has 0 N–H and O–H groups in total. The van der Waals surface area contributed by atoms with Gasteiger partial charge >= 0.3 is 0 Å². The van der Waals surface area contributed by atoms with E-state index in [0.717, 1.165) is 17.8 Å². The molecule has 1 aliphatic rings. The maximum Gasteiger partial charge on any atom is 0.214 e. The Labute approximate surface area is 140 Å². The molecular formula is C21H18N3+. The molecular weight excluding hydrogens is 294 g/mol. The fourth-order valence-electron chi connectivity index (χ4n) is 3.84. The van der Waals surface area contributed by atoms with E-state index < -0.39 is 0 Å². The first-order chi connectivity index (χ1) is 11.7. The van der Waals surface area contributed by atoms with E-state index in [1.54, 1.807) is 0 Å². The van der Waals surface area contributed by atoms with Crippen molar-refractivity contribution < 1.29 is 4.57 Å². The lowest BCUT2D eigenvalue weighted by atomic mass is 10.0. The average Bonchev–Trinajstić information content (AvgIpc) is 3.11. The summed E-state index contributed by atoms with van der Waals surface area (Å²) in [6.45, 7) is 2.17. The summed E-state index contributed by atoms with van der Waals surface area (Å²) in [4.78, 5) is 5.04. The van der Waals surface area contributed by atoms with Gasteiger partial charge in [-0.3, -0.25) is 4.57 Å². The van der Waals surface area contributed by atoms with E-state index in [0.29, 0.717) is 0 Å². The van der Waals surface area contributed by atoms with Gasteiger partial charge in [-0.1, -0.05) is 24.3 Å². The highest BCUT2D eigenvalue weighted by atomic mass is 15.1. The smallest absolute Gasteiger partial charge is 0.214 e. The molecule has 0 aliphatic carbocycles. The minimum Gasteiger partial charge on any atom is -0.296 e. The summed E-state index contributed by atoms with van der Waals surface area (Å²) >= 11 is 0. The van der Waals surface area contributed by atoms with Gasteiger partial charge in [-0.2, -0.15) is 0 Å². The Bertz CT molecular complexity index is 1110. The van der Waals surface area contributed by atoms with Crippen LogP contribution >= 0.6 is 0 Å². The second-order valence-corrected chi connectivity index (χ2v) is 6.49. The summed E-state index contributed by atoms with van der Waals surface area (Å²) in [7, 11) is 2.09. The molecule has 5 rings (SSSR count). The monoisotopic (exact) mass is 312 g/mol. The van der Waals surface area contributed by atoms with E-state index in [1.165, 1.54) is 33.6 Å². The Balaban J connectivity index is 1.87. The van der Waals surface area contributed by atoms with Crippen LogP contribution in [0.15, 0.2) is 60.8 Å². The predicted molar refractivity (Wildman–Crippen MR) is 95.2 cm³/mol. The van der Waals surface area contributed by atoms with Gasteiger partial charge in [0.1, 0.15) is 18.4 Å². The average molecular weight is 312 g/mol. The number of rotatable bonds is 1. The first kappa shape index (κ1) is 13.5. The summed E-state index contributed by atoms with van der Waals surface area (Å²) in [5.74, 6) is 1.14. The molecule has 0 saturated heterocycles. The Morgan fingerprint density at radius 3 is 2.71 bits per heavy atom. The van der Waals surface area contributed by atoms with E-state index in [2.05, 4.69) is 83.9 Å². The summed E-state index contributed by atoms with van der Waals surface area (Å²) in [6, 6.07) is 19.3. The first-order valence-electron chi connectivity index (χ1n) is 8.28. The number of nitrogens with zero attached hydrogens (tertiary/aromatic N) is 3. The number of hydrogen-bond acceptors (Lipinski definition) is 1. The fourth-order valence-corrected chi connectivity index (χ4v) is 3.84. The summed E-state index contributed by atoms with van der Waals surface area (Å²) in [5, 5.41) is 0. The van der Waals surface area contributed by atoms with Gasteiger partial charge in [-0.25, -0.2) is 9.55 Å². The third kappa shape index (κ3) is 1.72. The number of pyridine rings is 1. The molecule has 24 heavy (non-hydrogen) atoms. The van der Waals surface area contributed by atoms with Gasteiger partial charge in [0.25, 0.3) is 0 Å². The van der Waals surface area contributed by atoms with Crippen molar-refractivity contribution in [1.82, 2.24) is 9.55 Å². The molecule has 1 aliphatic heterocycles. The number of imidazole rings is 1. The van der Waals surface area contributed by atoms with Crippen molar-refractivity contribution in [1.29, 1.82) is 0 Å². The number of benzene rings is 2. The molecule has 2 aromatic heterocycles. The van der Waals surface area contributed by atoms with Gasteiger partial charge in [0.15, 0.2) is 6.20 Å². The van der Waals surface area contributed by atoms with Crippen LogP contribution in [0.4, 0.5) is 0 Å². The molecule has 0 bridgehead atoms. The maximum atomic E-state index is 5.04. The van der Waals surface area contributed by atoms with E-state index >= 15 is 0 Å². The molecule has 0 saturated carbocycles. The molecule has 3 nitrogen and oxygen atoms in total. The third-order valence-corrected chi connectivity index (χ3v) is 5.00. The van der Waals surface area contributed by atoms with Crippen molar-refractivity contribution in [3.63, 3.8) is 0 Å². The maximum absolute atomic E-state index is 5.04. The number of para-hydroxylation sites is 1. The lowest BCUT2D eigenvalue weighted by Crippen LogP contribution is -2.30. The Kier molecular flexibility index (Phi) is 2.69. The molecule has 0 radical (unpaired) electrons. The predicted octanol–water partition coefficient (Wildman–Crippen LogP) is 3.73. The topological polar surface area (TPSA) is 21.7 Å². The third-order valence-electron chi connectivity index (χ3n) is 5.00. The second-order valence-electron chi connectivity index (χ2n) is 6.49. The second kappa shape index (κ2) is 4.78. The van der Waals surface area contributed by atoms with Gasteiger partial charge in [-0.05, 0) is 36.2 Å². The van der Waals surface area contributed by atoms with Crippen molar-refractivity contribution in [2.75, 3.05) is 0 Å². The van der Waals surface area contributed by atoms with Crippen LogP contribution in [0.2, 0.25) is 0 Å². The van der Waals surface area contributed by atoms with Crippen LogP contribution in [0.25, 0.3) is 28.0 Å². The van der Waals surface area contributed by atoms with Crippen LogP contribution in [-0.2, 0) is 13.5 Å². The molecule has 0 unspecified atom stereocenters. The van der Waals surface area contributed by atoms with Crippen LogP contribution in [0.5, 0.6) is 0 Å². The van der Waals surface area contributed by atoms with E-state index in [1.807, 2.05) is 0 Å². The number of aryl methyl sites for hydroxylation is 2. The summed E-state index contributed by atoms with van der Waals surface area (Å²) < 4.78 is 4.48. The lowest BCUT2D eigenvalue weighted by Gasteiger charge is -2.08. The standard InChI is InChI=1S/C21H18N3/c1-14-10-11-18-21(20(14)17-9-5-6-12-23(17)2)22-19-13-15-7-3-4-8-16(15)24(18)19/h3-12H,13H2,1-2H3/q+1. The number of fused-ring (bicyclic) bond motifs is 5. The number of hydrogen-bond donors (Lipinski definition) is 0. The molecule has 2 aromatic carbocycles. The van der Waals surface area contributed by atoms with Crippen molar-refractivity contribution >= 4 is 11.0 Å².